The van der Waals surface area contributed by atoms with E-state index in [0.717, 1.165) is 19.4 Å². The molecule has 0 bridgehead atoms. The van der Waals surface area contributed by atoms with Crippen LogP contribution < -0.4 is 0 Å². The quantitative estimate of drug-likeness (QED) is 0.579. The zero-order chi connectivity index (χ0) is 18.3. The third-order valence-corrected chi connectivity index (χ3v) is 6.02. The summed E-state index contributed by atoms with van der Waals surface area (Å²) in [6, 6.07) is 9.25. The molecule has 2 amide bonds. The van der Waals surface area contributed by atoms with E-state index < -0.39 is 0 Å². The monoisotopic (exact) mass is 352 g/mol. The normalized spacial score (nSPS) is 25.5. The first kappa shape index (κ1) is 17.5. The highest BCUT2D eigenvalue weighted by atomic mass is 16.2. The number of hydrogen-bond acceptors (Lipinski definition) is 3. The molecule has 1 saturated heterocycles. The van der Waals surface area contributed by atoms with Crippen molar-refractivity contribution < 1.29 is 9.59 Å². The van der Waals surface area contributed by atoms with E-state index in [1.54, 1.807) is 0 Å². The fraction of sp³-hybridized carbons (Fsp3) is 0.545. The minimum atomic E-state index is -0.126. The van der Waals surface area contributed by atoms with E-state index in [1.807, 2.05) is 12.2 Å². The summed E-state index contributed by atoms with van der Waals surface area (Å²) in [6.07, 6.45) is 7.84. The molecule has 138 valence electrons. The Morgan fingerprint density at radius 2 is 1.58 bits per heavy atom. The molecule has 1 aromatic rings. The third-order valence-electron chi connectivity index (χ3n) is 6.02. The van der Waals surface area contributed by atoms with E-state index in [0.29, 0.717) is 31.5 Å². The van der Waals surface area contributed by atoms with Gasteiger partial charge in [0, 0.05) is 12.6 Å². The first-order chi connectivity index (χ1) is 12.5. The van der Waals surface area contributed by atoms with Gasteiger partial charge in [0.25, 0.3) is 0 Å². The van der Waals surface area contributed by atoms with E-state index in [2.05, 4.69) is 43.0 Å². The molecule has 1 saturated carbocycles. The van der Waals surface area contributed by atoms with Crippen LogP contribution in [0.5, 0.6) is 0 Å². The molecule has 0 radical (unpaired) electrons. The van der Waals surface area contributed by atoms with E-state index in [9.17, 15) is 9.59 Å². The summed E-state index contributed by atoms with van der Waals surface area (Å²) in [5, 5.41) is 0. The highest BCUT2D eigenvalue weighted by molar-refractivity contribution is 6.05. The molecule has 1 heterocycles. The Kier molecular flexibility index (Phi) is 4.70. The SMILES string of the molecule is CC(C)c1ccc(CN(CN2C(=O)[C@H]3CC=CC[C@H]3C2=O)C2CC2)cc1. The smallest absolute Gasteiger partial charge is 0.234 e. The Bertz CT molecular complexity index is 692. The van der Waals surface area contributed by atoms with Crippen molar-refractivity contribution in [2.75, 3.05) is 6.67 Å². The second-order valence-corrected chi connectivity index (χ2v) is 8.28. The zero-order valence-electron chi connectivity index (χ0n) is 15.7. The molecule has 26 heavy (non-hydrogen) atoms. The van der Waals surface area contributed by atoms with Crippen molar-refractivity contribution in [2.45, 2.75) is 58.0 Å². The van der Waals surface area contributed by atoms with Gasteiger partial charge in [-0.25, -0.2) is 0 Å². The van der Waals surface area contributed by atoms with Gasteiger partial charge >= 0.3 is 0 Å². The Hall–Kier alpha value is -1.94. The molecule has 1 aromatic carbocycles. The number of benzene rings is 1. The van der Waals surface area contributed by atoms with Crippen LogP contribution in [0.3, 0.4) is 0 Å². The molecule has 2 aliphatic carbocycles. The predicted octanol–water partition coefficient (Wildman–Crippen LogP) is 3.68. The van der Waals surface area contributed by atoms with Gasteiger partial charge in [-0.15, -0.1) is 0 Å². The molecule has 0 aromatic heterocycles. The van der Waals surface area contributed by atoms with Gasteiger partial charge in [0.2, 0.25) is 11.8 Å². The van der Waals surface area contributed by atoms with Crippen molar-refractivity contribution in [1.29, 1.82) is 0 Å². The fourth-order valence-corrected chi connectivity index (χ4v) is 4.17. The summed E-state index contributed by atoms with van der Waals surface area (Å²) in [4.78, 5) is 29.3. The maximum atomic E-state index is 12.7. The van der Waals surface area contributed by atoms with Crippen molar-refractivity contribution >= 4 is 11.8 Å². The van der Waals surface area contributed by atoms with Crippen LogP contribution in [0.25, 0.3) is 0 Å². The second-order valence-electron chi connectivity index (χ2n) is 8.28. The van der Waals surface area contributed by atoms with Crippen LogP contribution in [0.2, 0.25) is 0 Å². The number of allylic oxidation sites excluding steroid dienone is 2. The van der Waals surface area contributed by atoms with E-state index in [-0.39, 0.29) is 23.7 Å². The molecular formula is C22H28N2O2. The number of amides is 2. The summed E-state index contributed by atoms with van der Waals surface area (Å²) in [6.45, 7) is 5.64. The van der Waals surface area contributed by atoms with Crippen LogP contribution in [0.1, 0.15) is 56.6 Å². The molecule has 4 nitrogen and oxygen atoms in total. The second kappa shape index (κ2) is 6.99. The van der Waals surface area contributed by atoms with Gasteiger partial charge in [0.15, 0.2) is 0 Å². The van der Waals surface area contributed by atoms with Crippen LogP contribution in [-0.4, -0.2) is 34.3 Å². The largest absolute Gasteiger partial charge is 0.278 e. The number of hydrogen-bond donors (Lipinski definition) is 0. The number of carbonyl (C=O) groups excluding carboxylic acids is 2. The molecule has 4 rings (SSSR count). The van der Waals surface area contributed by atoms with Crippen molar-refractivity contribution in [3.05, 3.63) is 47.5 Å². The highest BCUT2D eigenvalue weighted by Crippen LogP contribution is 2.36. The Balaban J connectivity index is 1.46. The molecule has 4 heteroatoms. The zero-order valence-corrected chi connectivity index (χ0v) is 15.7. The van der Waals surface area contributed by atoms with Gasteiger partial charge in [-0.05, 0) is 42.7 Å². The molecule has 0 unspecified atom stereocenters. The van der Waals surface area contributed by atoms with Gasteiger partial charge in [-0.3, -0.25) is 19.4 Å². The standard InChI is InChI=1S/C22H28N2O2/c1-15(2)17-9-7-16(8-10-17)13-23(18-11-12-18)14-24-21(25)19-5-3-4-6-20(19)22(24)26/h3-4,7-10,15,18-20H,5-6,11-14H2,1-2H3/t19-,20+. The van der Waals surface area contributed by atoms with E-state index in [4.69, 9.17) is 0 Å². The summed E-state index contributed by atoms with van der Waals surface area (Å²) in [7, 11) is 0. The number of imide groups is 1. The summed E-state index contributed by atoms with van der Waals surface area (Å²) >= 11 is 0. The lowest BCUT2D eigenvalue weighted by Gasteiger charge is -2.27. The predicted molar refractivity (Wildman–Crippen MR) is 101 cm³/mol. The summed E-state index contributed by atoms with van der Waals surface area (Å²) in [5.41, 5.74) is 2.59. The first-order valence-corrected chi connectivity index (χ1v) is 9.87. The molecule has 0 spiro atoms. The minimum Gasteiger partial charge on any atom is -0.278 e. The van der Waals surface area contributed by atoms with Gasteiger partial charge in [0.05, 0.1) is 18.5 Å². The van der Waals surface area contributed by atoms with E-state index >= 15 is 0 Å². The Morgan fingerprint density at radius 3 is 2.08 bits per heavy atom. The number of nitrogens with zero attached hydrogens (tertiary/aromatic N) is 2. The fourth-order valence-electron chi connectivity index (χ4n) is 4.17. The number of rotatable bonds is 6. The van der Waals surface area contributed by atoms with Crippen LogP contribution in [0.15, 0.2) is 36.4 Å². The van der Waals surface area contributed by atoms with Gasteiger partial charge in [-0.2, -0.15) is 0 Å². The van der Waals surface area contributed by atoms with Crippen LogP contribution >= 0.6 is 0 Å². The topological polar surface area (TPSA) is 40.6 Å². The van der Waals surface area contributed by atoms with Crippen molar-refractivity contribution in [3.8, 4) is 0 Å². The lowest BCUT2D eigenvalue weighted by atomic mass is 9.85. The van der Waals surface area contributed by atoms with Crippen LogP contribution in [-0.2, 0) is 16.1 Å². The summed E-state index contributed by atoms with van der Waals surface area (Å²) < 4.78 is 0. The van der Waals surface area contributed by atoms with Gasteiger partial charge in [-0.1, -0.05) is 50.3 Å². The highest BCUT2D eigenvalue weighted by Gasteiger charge is 2.48. The number of carbonyl (C=O) groups is 2. The average molecular weight is 352 g/mol. The summed E-state index contributed by atoms with van der Waals surface area (Å²) in [5.74, 6) is 0.341. The number of fused-ring (bicyclic) bond motifs is 1. The maximum absolute atomic E-state index is 12.7. The first-order valence-electron chi connectivity index (χ1n) is 9.87. The lowest BCUT2D eigenvalue weighted by molar-refractivity contribution is -0.142. The Morgan fingerprint density at radius 1 is 1.00 bits per heavy atom. The molecule has 2 fully saturated rings. The van der Waals surface area contributed by atoms with Crippen molar-refractivity contribution in [2.24, 2.45) is 11.8 Å². The number of likely N-dealkylation sites (tertiary alicyclic amines) is 1. The maximum Gasteiger partial charge on any atom is 0.234 e. The van der Waals surface area contributed by atoms with Crippen LogP contribution in [0, 0.1) is 11.8 Å². The van der Waals surface area contributed by atoms with Gasteiger partial charge in [0.1, 0.15) is 0 Å². The molecule has 2 atom stereocenters. The van der Waals surface area contributed by atoms with Crippen molar-refractivity contribution in [1.82, 2.24) is 9.80 Å². The van der Waals surface area contributed by atoms with E-state index in [1.165, 1.54) is 16.0 Å². The minimum absolute atomic E-state index is 0.0326. The molecular weight excluding hydrogens is 324 g/mol. The molecule has 3 aliphatic rings. The van der Waals surface area contributed by atoms with Crippen molar-refractivity contribution in [3.63, 3.8) is 0 Å². The molecule has 1 aliphatic heterocycles. The van der Waals surface area contributed by atoms with Gasteiger partial charge < -0.3 is 0 Å². The molecule has 0 N–H and O–H groups in total. The van der Waals surface area contributed by atoms with Crippen LogP contribution in [0.4, 0.5) is 0 Å². The third kappa shape index (κ3) is 3.35. The average Bonchev–Trinajstić information content (AvgIpc) is 3.46. The lowest BCUT2D eigenvalue weighted by Crippen LogP contribution is -2.42. The Labute approximate surface area is 155 Å².